The van der Waals surface area contributed by atoms with Gasteiger partial charge in [0.2, 0.25) is 0 Å². The van der Waals surface area contributed by atoms with Crippen molar-refractivity contribution in [2.75, 3.05) is 13.1 Å². The lowest BCUT2D eigenvalue weighted by Crippen LogP contribution is -2.75. The van der Waals surface area contributed by atoms with Gasteiger partial charge in [-0.05, 0) is 18.3 Å². The lowest BCUT2D eigenvalue weighted by Gasteiger charge is -2.54. The van der Waals surface area contributed by atoms with Gasteiger partial charge in [-0.15, -0.1) is 0 Å². The largest absolute Gasteiger partial charge is 0.362 e. The average Bonchev–Trinajstić information content (AvgIpc) is 2.14. The first-order valence-electron chi connectivity index (χ1n) is 5.37. The molecule has 3 aliphatic heterocycles. The van der Waals surface area contributed by atoms with Crippen molar-refractivity contribution >= 4 is 0 Å². The fourth-order valence-electron chi connectivity index (χ4n) is 3.65. The Labute approximate surface area is 91.0 Å². The van der Waals surface area contributed by atoms with Gasteiger partial charge < -0.3 is 0 Å². The minimum atomic E-state index is -1.48. The van der Waals surface area contributed by atoms with Gasteiger partial charge in [-0.2, -0.15) is 5.01 Å². The Morgan fingerprint density at radius 1 is 1.12 bits per heavy atom. The van der Waals surface area contributed by atoms with Crippen molar-refractivity contribution in [3.8, 4) is 0 Å². The Morgan fingerprint density at radius 2 is 1.69 bits per heavy atom. The fourth-order valence-corrected chi connectivity index (χ4v) is 3.65. The van der Waals surface area contributed by atoms with Gasteiger partial charge in [0, 0.05) is 31.0 Å². The summed E-state index contributed by atoms with van der Waals surface area (Å²) in [5.41, 5.74) is -1.48. The Morgan fingerprint density at radius 3 is 2.12 bits per heavy atom. The van der Waals surface area contributed by atoms with Crippen molar-refractivity contribution in [3.63, 3.8) is 0 Å². The van der Waals surface area contributed by atoms with Crippen molar-refractivity contribution in [3.05, 3.63) is 20.2 Å². The van der Waals surface area contributed by atoms with Gasteiger partial charge in [0.25, 0.3) is 0 Å². The molecule has 3 saturated heterocycles. The van der Waals surface area contributed by atoms with Gasteiger partial charge in [-0.25, -0.2) is 10.1 Å². The van der Waals surface area contributed by atoms with E-state index in [0.29, 0.717) is 25.9 Å². The molecule has 88 valence electrons. The van der Waals surface area contributed by atoms with Crippen LogP contribution < -0.4 is 0 Å². The van der Waals surface area contributed by atoms with E-state index in [1.54, 1.807) is 5.01 Å². The van der Waals surface area contributed by atoms with Gasteiger partial charge in [-0.1, -0.05) is 0 Å². The number of piperidine rings is 1. The molecule has 2 unspecified atom stereocenters. The van der Waals surface area contributed by atoms with Crippen LogP contribution in [0.5, 0.6) is 0 Å². The van der Waals surface area contributed by atoms with E-state index in [2.05, 4.69) is 0 Å². The van der Waals surface area contributed by atoms with Crippen LogP contribution in [0.2, 0.25) is 0 Å². The lowest BCUT2D eigenvalue weighted by atomic mass is 9.70. The van der Waals surface area contributed by atoms with Gasteiger partial charge >= 0.3 is 5.66 Å². The SMILES string of the molecule is O=[N+]([O-])N1N2CC3CC(C2)CC1([N+](=O)[O-])C3. The molecule has 8 heteroatoms. The monoisotopic (exact) mass is 228 g/mol. The normalized spacial score (nSPS) is 44.8. The summed E-state index contributed by atoms with van der Waals surface area (Å²) in [6.07, 6.45) is 1.61. The molecule has 3 heterocycles. The molecule has 0 amide bonds. The Bertz CT molecular complexity index is 359. The molecule has 16 heavy (non-hydrogen) atoms. The smallest absolute Gasteiger partial charge is 0.262 e. The van der Waals surface area contributed by atoms with E-state index in [1.165, 1.54) is 0 Å². The van der Waals surface area contributed by atoms with E-state index < -0.39 is 15.6 Å². The number of nitrogens with zero attached hydrogens (tertiary/aromatic N) is 4. The van der Waals surface area contributed by atoms with Gasteiger partial charge in [0.05, 0.1) is 4.92 Å². The van der Waals surface area contributed by atoms with E-state index in [4.69, 9.17) is 0 Å². The Balaban J connectivity index is 2.05. The quantitative estimate of drug-likeness (QED) is 0.492. The standard InChI is InChI=1S/C8H12N4O4/c13-11(14)8-2-6-1-7(3-8)5-9(4-6)10(8)12(15)16/h6-7H,1-5H2. The first kappa shape index (κ1) is 9.76. The number of rotatable bonds is 2. The van der Waals surface area contributed by atoms with Crippen LogP contribution in [0.15, 0.2) is 0 Å². The molecule has 0 aromatic rings. The first-order chi connectivity index (χ1) is 7.53. The maximum absolute atomic E-state index is 11.2. The predicted octanol–water partition coefficient (Wildman–Crippen LogP) is 0.114. The molecular weight excluding hydrogens is 216 g/mol. The van der Waals surface area contributed by atoms with Crippen molar-refractivity contribution in [2.45, 2.75) is 24.9 Å². The van der Waals surface area contributed by atoms with E-state index in [9.17, 15) is 20.2 Å². The van der Waals surface area contributed by atoms with Gasteiger partial charge in [-0.3, -0.25) is 10.1 Å². The fraction of sp³-hybridized carbons (Fsp3) is 1.00. The lowest BCUT2D eigenvalue weighted by molar-refractivity contribution is -0.810. The minimum Gasteiger partial charge on any atom is -0.262 e. The summed E-state index contributed by atoms with van der Waals surface area (Å²) in [4.78, 5) is 21.7. The molecule has 4 rings (SSSR count). The molecule has 4 fully saturated rings. The maximum Gasteiger partial charge on any atom is 0.362 e. The minimum absolute atomic E-state index is 0.245. The second kappa shape index (κ2) is 2.82. The van der Waals surface area contributed by atoms with Crippen LogP contribution in [0.1, 0.15) is 19.3 Å². The highest BCUT2D eigenvalue weighted by Gasteiger charge is 2.68. The zero-order chi connectivity index (χ0) is 11.5. The number of hydrazine groups is 2. The summed E-state index contributed by atoms with van der Waals surface area (Å²) >= 11 is 0. The van der Waals surface area contributed by atoms with Crippen LogP contribution in [-0.4, -0.2) is 38.8 Å². The van der Waals surface area contributed by atoms with E-state index in [1.807, 2.05) is 0 Å². The van der Waals surface area contributed by atoms with Crippen molar-refractivity contribution in [1.29, 1.82) is 0 Å². The second-order valence-electron chi connectivity index (χ2n) is 5.01. The van der Waals surface area contributed by atoms with Crippen LogP contribution >= 0.6 is 0 Å². The average molecular weight is 228 g/mol. The molecule has 0 N–H and O–H groups in total. The summed E-state index contributed by atoms with van der Waals surface area (Å²) in [7, 11) is 0. The highest BCUT2D eigenvalue weighted by atomic mass is 16.7. The predicted molar refractivity (Wildman–Crippen MR) is 51.0 cm³/mol. The third-order valence-electron chi connectivity index (χ3n) is 3.97. The highest BCUT2D eigenvalue weighted by molar-refractivity contribution is 4.97. The summed E-state index contributed by atoms with van der Waals surface area (Å²) in [5.74, 6) is 0.489. The molecule has 1 saturated carbocycles. The maximum atomic E-state index is 11.2. The highest BCUT2D eigenvalue weighted by Crippen LogP contribution is 2.49. The van der Waals surface area contributed by atoms with E-state index >= 15 is 0 Å². The van der Waals surface area contributed by atoms with Gasteiger partial charge in [0.15, 0.2) is 5.03 Å². The molecule has 8 nitrogen and oxygen atoms in total. The van der Waals surface area contributed by atoms with E-state index in [-0.39, 0.29) is 11.8 Å². The van der Waals surface area contributed by atoms with Crippen LogP contribution in [0.25, 0.3) is 0 Å². The zero-order valence-corrected chi connectivity index (χ0v) is 8.61. The molecule has 4 aliphatic rings. The summed E-state index contributed by atoms with van der Waals surface area (Å²) in [6, 6.07) is 0. The Kier molecular flexibility index (Phi) is 1.72. The summed E-state index contributed by atoms with van der Waals surface area (Å²) < 4.78 is 0. The molecule has 4 bridgehead atoms. The summed E-state index contributed by atoms with van der Waals surface area (Å²) in [5, 5.41) is 23.9. The molecule has 0 spiro atoms. The Hall–Kier alpha value is -1.44. The van der Waals surface area contributed by atoms with Crippen molar-refractivity contribution in [1.82, 2.24) is 10.1 Å². The molecule has 1 aliphatic carbocycles. The molecule has 0 aromatic heterocycles. The van der Waals surface area contributed by atoms with Crippen molar-refractivity contribution < 1.29 is 9.96 Å². The topological polar surface area (TPSA) is 92.8 Å². The van der Waals surface area contributed by atoms with E-state index in [0.717, 1.165) is 11.5 Å². The van der Waals surface area contributed by atoms with Crippen LogP contribution in [0.4, 0.5) is 0 Å². The van der Waals surface area contributed by atoms with Crippen LogP contribution in [0.3, 0.4) is 0 Å². The number of hydrogen-bond donors (Lipinski definition) is 0. The van der Waals surface area contributed by atoms with Crippen molar-refractivity contribution in [2.24, 2.45) is 11.8 Å². The van der Waals surface area contributed by atoms with Crippen LogP contribution in [-0.2, 0) is 0 Å². The molecule has 0 aromatic carbocycles. The van der Waals surface area contributed by atoms with Crippen LogP contribution in [0, 0.1) is 32.1 Å². The summed E-state index contributed by atoms with van der Waals surface area (Å²) in [6.45, 7) is 1.18. The third kappa shape index (κ3) is 1.02. The number of nitro groups is 2. The third-order valence-corrected chi connectivity index (χ3v) is 3.97. The zero-order valence-electron chi connectivity index (χ0n) is 8.61. The molecular formula is C8H12N4O4. The first-order valence-corrected chi connectivity index (χ1v) is 5.37. The number of hydrogen-bond acceptors (Lipinski definition) is 5. The van der Waals surface area contributed by atoms with Gasteiger partial charge in [0.1, 0.15) is 0 Å². The molecule has 0 radical (unpaired) electrons. The molecule has 2 atom stereocenters. The second-order valence-corrected chi connectivity index (χ2v) is 5.01.